The topological polar surface area (TPSA) is 17.1 Å². The Morgan fingerprint density at radius 1 is 1.33 bits per heavy atom. The SMILES string of the molecule is CSc1ccc(CCC(=O)C2CC2)cc1. The molecule has 1 aliphatic rings. The first-order valence-corrected chi connectivity index (χ1v) is 6.67. The molecule has 0 unspecified atom stereocenters. The van der Waals surface area contributed by atoms with Gasteiger partial charge in [0.25, 0.3) is 0 Å². The summed E-state index contributed by atoms with van der Waals surface area (Å²) in [5.41, 5.74) is 1.28. The van der Waals surface area contributed by atoms with Crippen molar-refractivity contribution in [2.45, 2.75) is 30.6 Å². The number of benzene rings is 1. The lowest BCUT2D eigenvalue weighted by Gasteiger charge is -2.01. The maximum absolute atomic E-state index is 11.5. The number of hydrogen-bond acceptors (Lipinski definition) is 2. The van der Waals surface area contributed by atoms with Crippen LogP contribution in [-0.2, 0) is 11.2 Å². The molecule has 2 heteroatoms. The molecule has 0 saturated heterocycles. The van der Waals surface area contributed by atoms with Crippen LogP contribution in [0.5, 0.6) is 0 Å². The van der Waals surface area contributed by atoms with E-state index in [0.29, 0.717) is 11.7 Å². The van der Waals surface area contributed by atoms with Gasteiger partial charge in [0.15, 0.2) is 0 Å². The van der Waals surface area contributed by atoms with Gasteiger partial charge in [-0.1, -0.05) is 12.1 Å². The second-order valence-corrected chi connectivity index (χ2v) is 4.97. The Balaban J connectivity index is 1.84. The van der Waals surface area contributed by atoms with Gasteiger partial charge >= 0.3 is 0 Å². The van der Waals surface area contributed by atoms with Gasteiger partial charge in [-0.2, -0.15) is 0 Å². The van der Waals surface area contributed by atoms with Crippen molar-refractivity contribution < 1.29 is 4.79 Å². The Hall–Kier alpha value is -0.760. The first kappa shape index (κ1) is 10.7. The van der Waals surface area contributed by atoms with Gasteiger partial charge in [-0.25, -0.2) is 0 Å². The predicted molar refractivity (Wildman–Crippen MR) is 64.3 cm³/mol. The molecule has 1 aromatic rings. The van der Waals surface area contributed by atoms with Gasteiger partial charge < -0.3 is 0 Å². The molecule has 15 heavy (non-hydrogen) atoms. The molecule has 0 heterocycles. The van der Waals surface area contributed by atoms with E-state index >= 15 is 0 Å². The lowest BCUT2D eigenvalue weighted by atomic mass is 10.1. The van der Waals surface area contributed by atoms with Crippen LogP contribution in [0, 0.1) is 5.92 Å². The molecule has 2 rings (SSSR count). The minimum atomic E-state index is 0.412. The lowest BCUT2D eigenvalue weighted by Crippen LogP contribution is -2.01. The quantitative estimate of drug-likeness (QED) is 0.708. The van der Waals surface area contributed by atoms with E-state index in [-0.39, 0.29) is 0 Å². The van der Waals surface area contributed by atoms with Crippen LogP contribution >= 0.6 is 11.8 Å². The third-order valence-corrected chi connectivity index (χ3v) is 3.60. The van der Waals surface area contributed by atoms with Crippen molar-refractivity contribution in [3.63, 3.8) is 0 Å². The van der Waals surface area contributed by atoms with Gasteiger partial charge in [0.05, 0.1) is 0 Å². The molecule has 0 radical (unpaired) electrons. The van der Waals surface area contributed by atoms with Crippen LogP contribution in [-0.4, -0.2) is 12.0 Å². The Bertz CT molecular complexity index is 338. The molecule has 1 fully saturated rings. The summed E-state index contributed by atoms with van der Waals surface area (Å²) in [5.74, 6) is 0.874. The highest BCUT2D eigenvalue weighted by Crippen LogP contribution is 2.31. The van der Waals surface area contributed by atoms with Crippen LogP contribution in [0.15, 0.2) is 29.2 Å². The molecule has 0 aromatic heterocycles. The summed E-state index contributed by atoms with van der Waals surface area (Å²) >= 11 is 1.75. The molecule has 1 aliphatic carbocycles. The first-order valence-electron chi connectivity index (χ1n) is 5.45. The molecule has 1 aromatic carbocycles. The van der Waals surface area contributed by atoms with Gasteiger partial charge in [0.1, 0.15) is 5.78 Å². The highest BCUT2D eigenvalue weighted by molar-refractivity contribution is 7.98. The van der Waals surface area contributed by atoms with Gasteiger partial charge in [-0.3, -0.25) is 4.79 Å². The molecule has 1 nitrogen and oxygen atoms in total. The Kier molecular flexibility index (Phi) is 3.47. The number of carbonyl (C=O) groups is 1. The minimum Gasteiger partial charge on any atom is -0.299 e. The minimum absolute atomic E-state index is 0.412. The summed E-state index contributed by atoms with van der Waals surface area (Å²) in [7, 11) is 0. The molecular formula is C13H16OS. The molecule has 1 saturated carbocycles. The van der Waals surface area contributed by atoms with Crippen molar-refractivity contribution in [3.05, 3.63) is 29.8 Å². The van der Waals surface area contributed by atoms with Gasteiger partial charge in [0.2, 0.25) is 0 Å². The number of thioether (sulfide) groups is 1. The van der Waals surface area contributed by atoms with Gasteiger partial charge in [0, 0.05) is 17.2 Å². The van der Waals surface area contributed by atoms with Gasteiger partial charge in [-0.05, 0) is 43.2 Å². The van der Waals surface area contributed by atoms with Crippen LogP contribution in [0.2, 0.25) is 0 Å². The standard InChI is InChI=1S/C13H16OS/c1-15-12-7-2-10(3-8-12)4-9-13(14)11-5-6-11/h2-3,7-8,11H,4-6,9H2,1H3. The van der Waals surface area contributed by atoms with Crippen LogP contribution < -0.4 is 0 Å². The van der Waals surface area contributed by atoms with E-state index < -0.39 is 0 Å². The molecule has 80 valence electrons. The fourth-order valence-corrected chi connectivity index (χ4v) is 2.08. The number of hydrogen-bond donors (Lipinski definition) is 0. The first-order chi connectivity index (χ1) is 7.29. The van der Waals surface area contributed by atoms with Crippen molar-refractivity contribution >= 4 is 17.5 Å². The molecule has 0 atom stereocenters. The molecule has 0 N–H and O–H groups in total. The molecule has 0 spiro atoms. The molecule has 0 amide bonds. The smallest absolute Gasteiger partial charge is 0.136 e. The van der Waals surface area contributed by atoms with Crippen LogP contribution in [0.1, 0.15) is 24.8 Å². The van der Waals surface area contributed by atoms with Crippen LogP contribution in [0.25, 0.3) is 0 Å². The van der Waals surface area contributed by atoms with E-state index in [0.717, 1.165) is 25.7 Å². The summed E-state index contributed by atoms with van der Waals surface area (Å²) in [6, 6.07) is 8.52. The monoisotopic (exact) mass is 220 g/mol. The van der Waals surface area contributed by atoms with Crippen molar-refractivity contribution in [3.8, 4) is 0 Å². The Morgan fingerprint density at radius 3 is 2.53 bits per heavy atom. The summed E-state index contributed by atoms with van der Waals surface area (Å²) in [6.45, 7) is 0. The number of ketones is 1. The maximum Gasteiger partial charge on any atom is 0.136 e. The number of aryl methyl sites for hydroxylation is 1. The zero-order valence-electron chi connectivity index (χ0n) is 9.03. The highest BCUT2D eigenvalue weighted by Gasteiger charge is 2.28. The van der Waals surface area contributed by atoms with E-state index in [4.69, 9.17) is 0 Å². The van der Waals surface area contributed by atoms with Crippen LogP contribution in [0.4, 0.5) is 0 Å². The third kappa shape index (κ3) is 3.10. The normalized spacial score (nSPS) is 15.3. The highest BCUT2D eigenvalue weighted by atomic mass is 32.2. The summed E-state index contributed by atoms with van der Waals surface area (Å²) < 4.78 is 0. The fourth-order valence-electron chi connectivity index (χ4n) is 1.67. The van der Waals surface area contributed by atoms with E-state index in [1.54, 1.807) is 11.8 Å². The molecule has 0 bridgehead atoms. The number of rotatable bonds is 5. The van der Waals surface area contributed by atoms with Crippen LogP contribution in [0.3, 0.4) is 0 Å². The summed E-state index contributed by atoms with van der Waals surface area (Å²) in [6.07, 6.45) is 5.97. The van der Waals surface area contributed by atoms with Crippen molar-refractivity contribution in [2.24, 2.45) is 5.92 Å². The summed E-state index contributed by atoms with van der Waals surface area (Å²) in [4.78, 5) is 12.8. The Morgan fingerprint density at radius 2 is 2.00 bits per heavy atom. The van der Waals surface area contributed by atoms with Crippen molar-refractivity contribution in [2.75, 3.05) is 6.26 Å². The average molecular weight is 220 g/mol. The summed E-state index contributed by atoms with van der Waals surface area (Å²) in [5, 5.41) is 0. The Labute approximate surface area is 95.3 Å². The predicted octanol–water partition coefficient (Wildman–Crippen LogP) is 3.32. The second kappa shape index (κ2) is 4.84. The van der Waals surface area contributed by atoms with E-state index in [2.05, 4.69) is 30.5 Å². The van der Waals surface area contributed by atoms with Crippen molar-refractivity contribution in [1.29, 1.82) is 0 Å². The fraction of sp³-hybridized carbons (Fsp3) is 0.462. The van der Waals surface area contributed by atoms with E-state index in [1.165, 1.54) is 10.5 Å². The zero-order valence-corrected chi connectivity index (χ0v) is 9.85. The lowest BCUT2D eigenvalue weighted by molar-refractivity contribution is -0.120. The van der Waals surface area contributed by atoms with E-state index in [9.17, 15) is 4.79 Å². The number of Topliss-reactive ketones (excluding diaryl/α,β-unsaturated/α-hetero) is 1. The zero-order chi connectivity index (χ0) is 10.7. The molecule has 0 aliphatic heterocycles. The molecular weight excluding hydrogens is 204 g/mol. The number of carbonyl (C=O) groups excluding carboxylic acids is 1. The largest absolute Gasteiger partial charge is 0.299 e. The van der Waals surface area contributed by atoms with Gasteiger partial charge in [-0.15, -0.1) is 11.8 Å². The van der Waals surface area contributed by atoms with Crippen molar-refractivity contribution in [1.82, 2.24) is 0 Å². The third-order valence-electron chi connectivity index (χ3n) is 2.85. The second-order valence-electron chi connectivity index (χ2n) is 4.09. The average Bonchev–Trinajstić information content (AvgIpc) is 3.10. The van der Waals surface area contributed by atoms with E-state index in [1.807, 2.05) is 0 Å². The maximum atomic E-state index is 11.5.